The number of hydrogen-bond donors (Lipinski definition) is 1. The highest BCUT2D eigenvalue weighted by atomic mass is 15.1. The molecule has 0 aliphatic carbocycles. The van der Waals surface area contributed by atoms with Crippen LogP contribution in [0.4, 0.5) is 0 Å². The van der Waals surface area contributed by atoms with Crippen LogP contribution in [-0.2, 0) is 13.6 Å². The summed E-state index contributed by atoms with van der Waals surface area (Å²) in [6, 6.07) is 0.286. The molecule has 4 heteroatoms. The van der Waals surface area contributed by atoms with Crippen molar-refractivity contribution in [3.63, 3.8) is 0 Å². The number of hydrogen-bond acceptors (Lipinski definition) is 3. The molecular weight excluding hydrogens is 224 g/mol. The summed E-state index contributed by atoms with van der Waals surface area (Å²) in [6.45, 7) is 8.62. The van der Waals surface area contributed by atoms with Crippen LogP contribution in [-0.4, -0.2) is 34.1 Å². The van der Waals surface area contributed by atoms with E-state index in [9.17, 15) is 0 Å². The van der Waals surface area contributed by atoms with Gasteiger partial charge in [0.1, 0.15) is 5.82 Å². The fraction of sp³-hybridized carbons (Fsp3) is 0.786. The molecule has 0 fully saturated rings. The monoisotopic (exact) mass is 252 g/mol. The van der Waals surface area contributed by atoms with E-state index in [1.54, 1.807) is 0 Å². The quantitative estimate of drug-likeness (QED) is 0.842. The Morgan fingerprint density at radius 1 is 1.44 bits per heavy atom. The molecule has 0 aliphatic rings. The van der Waals surface area contributed by atoms with Crippen LogP contribution < -0.4 is 5.73 Å². The number of nitrogens with zero attached hydrogens (tertiary/aromatic N) is 3. The third-order valence-electron chi connectivity index (χ3n) is 3.09. The van der Waals surface area contributed by atoms with E-state index in [0.717, 1.165) is 31.8 Å². The molecule has 0 saturated heterocycles. The lowest BCUT2D eigenvalue weighted by atomic mass is 9.87. The summed E-state index contributed by atoms with van der Waals surface area (Å²) < 4.78 is 2.06. The lowest BCUT2D eigenvalue weighted by Crippen LogP contribution is -2.31. The van der Waals surface area contributed by atoms with Gasteiger partial charge in [0, 0.05) is 25.5 Å². The van der Waals surface area contributed by atoms with Crippen molar-refractivity contribution in [1.29, 1.82) is 0 Å². The topological polar surface area (TPSA) is 47.1 Å². The highest BCUT2D eigenvalue weighted by molar-refractivity contribution is 4.90. The Bertz CT molecular complexity index is 351. The first kappa shape index (κ1) is 15.2. The Balaban J connectivity index is 2.29. The average molecular weight is 252 g/mol. The van der Waals surface area contributed by atoms with Crippen molar-refractivity contribution in [2.75, 3.05) is 13.6 Å². The Labute approximate surface area is 111 Å². The van der Waals surface area contributed by atoms with Crippen LogP contribution in [0.5, 0.6) is 0 Å². The van der Waals surface area contributed by atoms with Gasteiger partial charge in [0.25, 0.3) is 0 Å². The largest absolute Gasteiger partial charge is 0.337 e. The number of rotatable bonds is 6. The smallest absolute Gasteiger partial charge is 0.122 e. The van der Waals surface area contributed by atoms with Crippen LogP contribution in [0, 0.1) is 5.41 Å². The molecule has 0 aliphatic heterocycles. The molecule has 18 heavy (non-hydrogen) atoms. The second-order valence-electron chi connectivity index (χ2n) is 6.51. The van der Waals surface area contributed by atoms with Crippen molar-refractivity contribution in [1.82, 2.24) is 14.5 Å². The van der Waals surface area contributed by atoms with Crippen LogP contribution in [0.15, 0.2) is 12.4 Å². The Hall–Kier alpha value is -0.870. The molecule has 0 aromatic carbocycles. The zero-order valence-corrected chi connectivity index (χ0v) is 12.5. The SMILES string of the molecule is CN(CCC(N)CC(C)(C)C)Cc1nccn1C. The van der Waals surface area contributed by atoms with Crippen LogP contribution in [0.3, 0.4) is 0 Å². The third kappa shape index (κ3) is 5.65. The van der Waals surface area contributed by atoms with Crippen molar-refractivity contribution >= 4 is 0 Å². The highest BCUT2D eigenvalue weighted by Crippen LogP contribution is 2.21. The van der Waals surface area contributed by atoms with E-state index in [1.807, 2.05) is 19.4 Å². The minimum Gasteiger partial charge on any atom is -0.337 e. The average Bonchev–Trinajstić information content (AvgIpc) is 2.59. The minimum absolute atomic E-state index is 0.286. The van der Waals surface area contributed by atoms with Gasteiger partial charge < -0.3 is 10.3 Å². The highest BCUT2D eigenvalue weighted by Gasteiger charge is 2.16. The van der Waals surface area contributed by atoms with Crippen LogP contribution >= 0.6 is 0 Å². The fourth-order valence-corrected chi connectivity index (χ4v) is 2.14. The fourth-order valence-electron chi connectivity index (χ4n) is 2.14. The molecule has 0 spiro atoms. The predicted molar refractivity (Wildman–Crippen MR) is 76.2 cm³/mol. The van der Waals surface area contributed by atoms with E-state index in [-0.39, 0.29) is 6.04 Å². The van der Waals surface area contributed by atoms with Crippen molar-refractivity contribution in [3.05, 3.63) is 18.2 Å². The van der Waals surface area contributed by atoms with Gasteiger partial charge >= 0.3 is 0 Å². The third-order valence-corrected chi connectivity index (χ3v) is 3.09. The molecule has 4 nitrogen and oxygen atoms in total. The summed E-state index contributed by atoms with van der Waals surface area (Å²) in [5, 5.41) is 0. The summed E-state index contributed by atoms with van der Waals surface area (Å²) >= 11 is 0. The maximum absolute atomic E-state index is 6.16. The van der Waals surface area contributed by atoms with Gasteiger partial charge in [-0.25, -0.2) is 4.98 Å². The van der Waals surface area contributed by atoms with Gasteiger partial charge in [0.05, 0.1) is 6.54 Å². The van der Waals surface area contributed by atoms with Crippen LogP contribution in [0.2, 0.25) is 0 Å². The van der Waals surface area contributed by atoms with E-state index in [0.29, 0.717) is 5.41 Å². The lowest BCUT2D eigenvalue weighted by molar-refractivity contribution is 0.272. The maximum atomic E-state index is 6.16. The van der Waals surface area contributed by atoms with Gasteiger partial charge in [0.15, 0.2) is 0 Å². The molecule has 1 aromatic heterocycles. The predicted octanol–water partition coefficient (Wildman–Crippen LogP) is 2.01. The van der Waals surface area contributed by atoms with Gasteiger partial charge in [-0.1, -0.05) is 20.8 Å². The maximum Gasteiger partial charge on any atom is 0.122 e. The first-order valence-corrected chi connectivity index (χ1v) is 6.68. The van der Waals surface area contributed by atoms with Gasteiger partial charge in [-0.2, -0.15) is 0 Å². The molecule has 104 valence electrons. The molecule has 1 unspecified atom stereocenters. The Morgan fingerprint density at radius 3 is 2.61 bits per heavy atom. The second kappa shape index (κ2) is 6.34. The van der Waals surface area contributed by atoms with Crippen molar-refractivity contribution in [2.24, 2.45) is 18.2 Å². The molecule has 1 atom stereocenters. The molecule has 1 rings (SSSR count). The zero-order valence-electron chi connectivity index (χ0n) is 12.5. The first-order chi connectivity index (χ1) is 8.28. The molecule has 1 heterocycles. The van der Waals surface area contributed by atoms with Gasteiger partial charge in [-0.3, -0.25) is 4.90 Å². The van der Waals surface area contributed by atoms with Crippen molar-refractivity contribution < 1.29 is 0 Å². The standard InChI is InChI=1S/C14H28N4/c1-14(2,3)10-12(15)6-8-17(4)11-13-16-7-9-18(13)5/h7,9,12H,6,8,10-11,15H2,1-5H3. The van der Waals surface area contributed by atoms with E-state index < -0.39 is 0 Å². The molecule has 0 saturated carbocycles. The van der Waals surface area contributed by atoms with E-state index in [1.165, 1.54) is 0 Å². The molecule has 0 bridgehead atoms. The summed E-state index contributed by atoms with van der Waals surface area (Å²) in [4.78, 5) is 6.61. The molecular formula is C14H28N4. The number of nitrogens with two attached hydrogens (primary N) is 1. The minimum atomic E-state index is 0.286. The molecule has 2 N–H and O–H groups in total. The van der Waals surface area contributed by atoms with Crippen molar-refractivity contribution in [3.8, 4) is 0 Å². The number of aromatic nitrogens is 2. The molecule has 1 aromatic rings. The van der Waals surface area contributed by atoms with Gasteiger partial charge in [0.2, 0.25) is 0 Å². The summed E-state index contributed by atoms with van der Waals surface area (Å²) in [5.74, 6) is 1.10. The van der Waals surface area contributed by atoms with Gasteiger partial charge in [-0.05, 0) is 31.8 Å². The Morgan fingerprint density at radius 2 is 2.11 bits per heavy atom. The normalized spacial score (nSPS) is 14.2. The lowest BCUT2D eigenvalue weighted by Gasteiger charge is -2.25. The van der Waals surface area contributed by atoms with E-state index >= 15 is 0 Å². The number of imidazole rings is 1. The summed E-state index contributed by atoms with van der Waals surface area (Å²) in [6.07, 6.45) is 5.93. The molecule has 0 amide bonds. The molecule has 0 radical (unpaired) electrons. The second-order valence-corrected chi connectivity index (χ2v) is 6.51. The van der Waals surface area contributed by atoms with Crippen LogP contribution in [0.1, 0.15) is 39.4 Å². The van der Waals surface area contributed by atoms with Gasteiger partial charge in [-0.15, -0.1) is 0 Å². The van der Waals surface area contributed by atoms with Crippen LogP contribution in [0.25, 0.3) is 0 Å². The number of aryl methyl sites for hydroxylation is 1. The Kier molecular flexibility index (Phi) is 5.35. The van der Waals surface area contributed by atoms with Crippen molar-refractivity contribution in [2.45, 2.75) is 46.2 Å². The first-order valence-electron chi connectivity index (χ1n) is 6.68. The summed E-state index contributed by atoms with van der Waals surface area (Å²) in [7, 11) is 4.15. The summed E-state index contributed by atoms with van der Waals surface area (Å²) in [5.41, 5.74) is 6.48. The van der Waals surface area contributed by atoms with E-state index in [2.05, 4.69) is 42.3 Å². The van der Waals surface area contributed by atoms with E-state index in [4.69, 9.17) is 5.73 Å². The zero-order chi connectivity index (χ0) is 13.8.